The van der Waals surface area contributed by atoms with Crippen LogP contribution in [0.25, 0.3) is 0 Å². The molecule has 2 atom stereocenters. The van der Waals surface area contributed by atoms with E-state index in [0.29, 0.717) is 6.61 Å². The molecule has 0 aromatic carbocycles. The Morgan fingerprint density at radius 2 is 2.00 bits per heavy atom. The number of epoxide rings is 1. The summed E-state index contributed by atoms with van der Waals surface area (Å²) in [6.45, 7) is 13.0. The first-order chi connectivity index (χ1) is 6.76. The van der Waals surface area contributed by atoms with Crippen molar-refractivity contribution in [2.75, 3.05) is 6.61 Å². The molecule has 1 saturated heterocycles. The van der Waals surface area contributed by atoms with E-state index in [2.05, 4.69) is 19.6 Å². The van der Waals surface area contributed by atoms with Crippen LogP contribution in [0.5, 0.6) is 0 Å². The maximum absolute atomic E-state index is 11.9. The van der Waals surface area contributed by atoms with Crippen LogP contribution in [0, 0.1) is 5.92 Å². The van der Waals surface area contributed by atoms with Gasteiger partial charge in [0, 0.05) is 0 Å². The van der Waals surface area contributed by atoms with Crippen molar-refractivity contribution in [1.82, 2.24) is 0 Å². The fourth-order valence-corrected chi connectivity index (χ4v) is 4.34. The van der Waals surface area contributed by atoms with Crippen LogP contribution in [0.3, 0.4) is 0 Å². The predicted octanol–water partition coefficient (Wildman–Crippen LogP) is 2.22. The summed E-state index contributed by atoms with van der Waals surface area (Å²) in [7, 11) is -1.44. The van der Waals surface area contributed by atoms with Crippen molar-refractivity contribution in [3.05, 3.63) is 0 Å². The normalized spacial score (nSPS) is 30.5. The SMILES string of the molecule is CCOC(=O)[C@@]1(C(C)C)O[C@H]1[Si](C)(C)C. The van der Waals surface area contributed by atoms with Crippen LogP contribution in [-0.2, 0) is 14.3 Å². The van der Waals surface area contributed by atoms with E-state index in [1.807, 2.05) is 20.8 Å². The van der Waals surface area contributed by atoms with E-state index >= 15 is 0 Å². The van der Waals surface area contributed by atoms with Gasteiger partial charge in [-0.15, -0.1) is 0 Å². The van der Waals surface area contributed by atoms with Crippen LogP contribution >= 0.6 is 0 Å². The number of esters is 1. The number of carbonyl (C=O) groups is 1. The van der Waals surface area contributed by atoms with Crippen molar-refractivity contribution in [1.29, 1.82) is 0 Å². The number of carbonyl (C=O) groups excluding carboxylic acids is 1. The highest BCUT2D eigenvalue weighted by atomic mass is 28.3. The van der Waals surface area contributed by atoms with Crippen LogP contribution < -0.4 is 0 Å². The first-order valence-corrected chi connectivity index (χ1v) is 9.19. The summed E-state index contributed by atoms with van der Waals surface area (Å²) < 4.78 is 10.8. The smallest absolute Gasteiger partial charge is 0.341 e. The standard InChI is InChI=1S/C11H22O3Si/c1-7-13-9(12)11(8(2)3)10(14-11)15(4,5)6/h8,10H,7H2,1-6H3/t10-,11+/m0/s1. The van der Waals surface area contributed by atoms with Gasteiger partial charge in [-0.25, -0.2) is 4.79 Å². The molecule has 1 aliphatic heterocycles. The van der Waals surface area contributed by atoms with E-state index < -0.39 is 13.7 Å². The van der Waals surface area contributed by atoms with Crippen molar-refractivity contribution >= 4 is 14.0 Å². The minimum absolute atomic E-state index is 0.115. The average molecular weight is 230 g/mol. The van der Waals surface area contributed by atoms with E-state index in [1.54, 1.807) is 0 Å². The van der Waals surface area contributed by atoms with Gasteiger partial charge >= 0.3 is 5.97 Å². The zero-order chi connectivity index (χ0) is 11.9. The van der Waals surface area contributed by atoms with Crippen molar-refractivity contribution in [2.24, 2.45) is 5.92 Å². The summed E-state index contributed by atoms with van der Waals surface area (Å²) in [4.78, 5) is 11.9. The van der Waals surface area contributed by atoms with Gasteiger partial charge in [-0.1, -0.05) is 33.5 Å². The second kappa shape index (κ2) is 3.90. The summed E-state index contributed by atoms with van der Waals surface area (Å²) in [5.74, 6) is 0.0145. The molecule has 0 unspecified atom stereocenters. The van der Waals surface area contributed by atoms with E-state index in [4.69, 9.17) is 9.47 Å². The van der Waals surface area contributed by atoms with Gasteiger partial charge in [0.2, 0.25) is 0 Å². The first kappa shape index (κ1) is 12.7. The van der Waals surface area contributed by atoms with Crippen LogP contribution in [0.1, 0.15) is 20.8 Å². The van der Waals surface area contributed by atoms with E-state index in [-0.39, 0.29) is 17.6 Å². The van der Waals surface area contributed by atoms with Crippen LogP contribution in [0.15, 0.2) is 0 Å². The lowest BCUT2D eigenvalue weighted by atomic mass is 9.97. The Bertz CT molecular complexity index is 257. The molecule has 0 aromatic rings. The van der Waals surface area contributed by atoms with Gasteiger partial charge in [-0.2, -0.15) is 0 Å². The molecule has 1 heterocycles. The van der Waals surface area contributed by atoms with Gasteiger partial charge < -0.3 is 9.47 Å². The Morgan fingerprint density at radius 3 is 2.27 bits per heavy atom. The lowest BCUT2D eigenvalue weighted by Crippen LogP contribution is -2.43. The summed E-state index contributed by atoms with van der Waals surface area (Å²) in [6, 6.07) is 0. The van der Waals surface area contributed by atoms with Crippen LogP contribution in [0.4, 0.5) is 0 Å². The molecule has 1 fully saturated rings. The summed E-state index contributed by atoms with van der Waals surface area (Å²) >= 11 is 0. The van der Waals surface area contributed by atoms with E-state index in [1.165, 1.54) is 0 Å². The predicted molar refractivity (Wildman–Crippen MR) is 62.4 cm³/mol. The van der Waals surface area contributed by atoms with Crippen molar-refractivity contribution in [3.8, 4) is 0 Å². The third kappa shape index (κ3) is 2.11. The monoisotopic (exact) mass is 230 g/mol. The topological polar surface area (TPSA) is 38.8 Å². The molecule has 0 radical (unpaired) electrons. The fraction of sp³-hybridized carbons (Fsp3) is 0.909. The molecule has 3 nitrogen and oxygen atoms in total. The Hall–Kier alpha value is -0.353. The summed E-state index contributed by atoms with van der Waals surface area (Å²) in [5.41, 5.74) is -0.524. The molecule has 0 amide bonds. The molecule has 1 rings (SSSR count). The van der Waals surface area contributed by atoms with E-state index in [9.17, 15) is 4.79 Å². The molecule has 15 heavy (non-hydrogen) atoms. The Kier molecular flexibility index (Phi) is 3.31. The molecular formula is C11H22O3Si. The van der Waals surface area contributed by atoms with Gasteiger partial charge in [-0.3, -0.25) is 0 Å². The second-order valence-corrected chi connectivity index (χ2v) is 10.8. The zero-order valence-electron chi connectivity index (χ0n) is 10.6. The van der Waals surface area contributed by atoms with Crippen molar-refractivity contribution < 1.29 is 14.3 Å². The lowest BCUT2D eigenvalue weighted by Gasteiger charge is -2.20. The van der Waals surface area contributed by atoms with Crippen LogP contribution in [0.2, 0.25) is 19.6 Å². The lowest BCUT2D eigenvalue weighted by molar-refractivity contribution is -0.151. The largest absolute Gasteiger partial charge is 0.464 e. The number of hydrogen-bond acceptors (Lipinski definition) is 3. The molecular weight excluding hydrogens is 208 g/mol. The van der Waals surface area contributed by atoms with Crippen molar-refractivity contribution in [3.63, 3.8) is 0 Å². The van der Waals surface area contributed by atoms with E-state index in [0.717, 1.165) is 0 Å². The Balaban J connectivity index is 2.83. The summed E-state index contributed by atoms with van der Waals surface area (Å²) in [5, 5.41) is 0. The quantitative estimate of drug-likeness (QED) is 0.422. The molecule has 0 aliphatic carbocycles. The maximum atomic E-state index is 11.9. The van der Waals surface area contributed by atoms with Gasteiger partial charge in [-0.05, 0) is 12.8 Å². The number of ether oxygens (including phenoxy) is 2. The van der Waals surface area contributed by atoms with Gasteiger partial charge in [0.1, 0.15) is 0 Å². The second-order valence-electron chi connectivity index (χ2n) is 5.53. The molecule has 0 aromatic heterocycles. The van der Waals surface area contributed by atoms with Crippen LogP contribution in [-0.4, -0.2) is 32.0 Å². The highest BCUT2D eigenvalue weighted by Gasteiger charge is 2.69. The average Bonchev–Trinajstić information content (AvgIpc) is 2.78. The van der Waals surface area contributed by atoms with Gasteiger partial charge in [0.25, 0.3) is 0 Å². The minimum atomic E-state index is -1.44. The zero-order valence-corrected chi connectivity index (χ0v) is 11.6. The molecule has 0 spiro atoms. The fourth-order valence-electron chi connectivity index (χ4n) is 2.05. The molecule has 1 aliphatic rings. The first-order valence-electron chi connectivity index (χ1n) is 5.61. The summed E-state index contributed by atoms with van der Waals surface area (Å²) in [6.07, 6.45) is 0. The molecule has 4 heteroatoms. The van der Waals surface area contributed by atoms with Gasteiger partial charge in [0.15, 0.2) is 5.60 Å². The highest BCUT2D eigenvalue weighted by molar-refractivity contribution is 6.78. The maximum Gasteiger partial charge on any atom is 0.341 e. The molecule has 88 valence electrons. The van der Waals surface area contributed by atoms with Crippen molar-refractivity contribution in [2.45, 2.75) is 51.7 Å². The third-order valence-corrected chi connectivity index (χ3v) is 5.00. The molecule has 0 bridgehead atoms. The number of hydrogen-bond donors (Lipinski definition) is 0. The molecule has 0 N–H and O–H groups in total. The molecule has 0 saturated carbocycles. The Morgan fingerprint density at radius 1 is 1.47 bits per heavy atom. The highest BCUT2D eigenvalue weighted by Crippen LogP contribution is 2.48. The number of rotatable bonds is 4. The van der Waals surface area contributed by atoms with Gasteiger partial charge in [0.05, 0.1) is 20.4 Å². The third-order valence-electron chi connectivity index (χ3n) is 2.88. The Labute approximate surface area is 93.2 Å². The minimum Gasteiger partial charge on any atom is -0.464 e.